The molecule has 2 amide bonds. The van der Waals surface area contributed by atoms with Crippen molar-refractivity contribution in [2.45, 2.75) is 83.3 Å². The summed E-state index contributed by atoms with van der Waals surface area (Å²) >= 11 is 6.11. The van der Waals surface area contributed by atoms with Gasteiger partial charge in [0.25, 0.3) is 10.0 Å². The molecule has 0 aliphatic heterocycles. The van der Waals surface area contributed by atoms with Crippen LogP contribution in [0.15, 0.2) is 71.6 Å². The van der Waals surface area contributed by atoms with Gasteiger partial charge in [-0.1, -0.05) is 67.3 Å². The zero-order valence-electron chi connectivity index (χ0n) is 24.8. The molecule has 0 heterocycles. The molecule has 0 bridgehead atoms. The summed E-state index contributed by atoms with van der Waals surface area (Å²) in [5.74, 6) is -0.682. The zero-order valence-corrected chi connectivity index (χ0v) is 26.3. The summed E-state index contributed by atoms with van der Waals surface area (Å²) in [6, 6.07) is 18.4. The Balaban J connectivity index is 1.73. The van der Waals surface area contributed by atoms with Gasteiger partial charge in [0.05, 0.1) is 10.6 Å². The van der Waals surface area contributed by atoms with E-state index in [-0.39, 0.29) is 23.4 Å². The van der Waals surface area contributed by atoms with Crippen molar-refractivity contribution < 1.29 is 18.0 Å². The summed E-state index contributed by atoms with van der Waals surface area (Å²) in [7, 11) is -4.11. The van der Waals surface area contributed by atoms with E-state index < -0.39 is 28.5 Å². The van der Waals surface area contributed by atoms with Crippen LogP contribution in [-0.4, -0.2) is 43.8 Å². The Hall–Kier alpha value is -3.36. The number of amides is 2. The third-order valence-electron chi connectivity index (χ3n) is 8.02. The molecule has 1 fully saturated rings. The van der Waals surface area contributed by atoms with Crippen LogP contribution in [0.3, 0.4) is 0 Å². The maximum absolute atomic E-state index is 14.2. The summed E-state index contributed by atoms with van der Waals surface area (Å²) in [5, 5.41) is 3.70. The van der Waals surface area contributed by atoms with Crippen LogP contribution >= 0.6 is 11.6 Å². The van der Waals surface area contributed by atoms with Gasteiger partial charge >= 0.3 is 0 Å². The van der Waals surface area contributed by atoms with E-state index in [4.69, 9.17) is 11.6 Å². The second-order valence-corrected chi connectivity index (χ2v) is 13.5. The first-order valence-corrected chi connectivity index (χ1v) is 16.3. The second-order valence-electron chi connectivity index (χ2n) is 11.2. The van der Waals surface area contributed by atoms with Crippen molar-refractivity contribution in [2.24, 2.45) is 0 Å². The average molecular weight is 610 g/mol. The SMILES string of the molecule is CCC(C(=O)NC1CCCC1)N(Cc1ccc(Cl)cc1)C(=O)CN(c1ccc(C)c(C)c1)S(=O)(=O)c1ccc(C)cc1. The first-order chi connectivity index (χ1) is 20.0. The van der Waals surface area contributed by atoms with Gasteiger partial charge in [0.15, 0.2) is 0 Å². The molecule has 7 nitrogen and oxygen atoms in total. The van der Waals surface area contributed by atoms with E-state index in [1.165, 1.54) is 4.90 Å². The zero-order chi connectivity index (χ0) is 30.4. The van der Waals surface area contributed by atoms with Crippen LogP contribution in [0.2, 0.25) is 5.02 Å². The van der Waals surface area contributed by atoms with Crippen LogP contribution in [0.4, 0.5) is 5.69 Å². The van der Waals surface area contributed by atoms with Crippen molar-refractivity contribution in [3.05, 3.63) is 94.0 Å². The Morgan fingerprint density at radius 3 is 2.17 bits per heavy atom. The largest absolute Gasteiger partial charge is 0.352 e. The lowest BCUT2D eigenvalue weighted by atomic mass is 10.1. The van der Waals surface area contributed by atoms with Crippen molar-refractivity contribution in [2.75, 3.05) is 10.8 Å². The molecule has 1 N–H and O–H groups in total. The van der Waals surface area contributed by atoms with Gasteiger partial charge in [-0.05, 0) is 93.1 Å². The Morgan fingerprint density at radius 2 is 1.57 bits per heavy atom. The molecule has 0 saturated heterocycles. The fourth-order valence-electron chi connectivity index (χ4n) is 5.32. The number of anilines is 1. The molecule has 0 aromatic heterocycles. The predicted octanol–water partition coefficient (Wildman–Crippen LogP) is 6.33. The number of nitrogens with one attached hydrogen (secondary N) is 1. The van der Waals surface area contributed by atoms with E-state index in [0.717, 1.165) is 52.2 Å². The number of nitrogens with zero attached hydrogens (tertiary/aromatic N) is 2. The van der Waals surface area contributed by atoms with Gasteiger partial charge in [-0.3, -0.25) is 13.9 Å². The first-order valence-electron chi connectivity index (χ1n) is 14.5. The van der Waals surface area contributed by atoms with E-state index in [9.17, 15) is 18.0 Å². The van der Waals surface area contributed by atoms with E-state index >= 15 is 0 Å². The van der Waals surface area contributed by atoms with Crippen LogP contribution in [-0.2, 0) is 26.2 Å². The highest BCUT2D eigenvalue weighted by atomic mass is 35.5. The first kappa shape index (κ1) is 31.6. The molecule has 224 valence electrons. The van der Waals surface area contributed by atoms with Crippen LogP contribution < -0.4 is 9.62 Å². The molecule has 0 spiro atoms. The van der Waals surface area contributed by atoms with Gasteiger partial charge in [0, 0.05) is 17.6 Å². The number of carbonyl (C=O) groups is 2. The van der Waals surface area contributed by atoms with Crippen molar-refractivity contribution in [1.29, 1.82) is 0 Å². The minimum atomic E-state index is -4.11. The van der Waals surface area contributed by atoms with E-state index in [1.54, 1.807) is 48.5 Å². The van der Waals surface area contributed by atoms with E-state index in [0.29, 0.717) is 17.1 Å². The molecule has 3 aromatic rings. The molecule has 1 unspecified atom stereocenters. The number of hydrogen-bond donors (Lipinski definition) is 1. The summed E-state index contributed by atoms with van der Waals surface area (Å²) in [4.78, 5) is 29.4. The minimum absolute atomic E-state index is 0.0907. The molecule has 3 aromatic carbocycles. The van der Waals surface area contributed by atoms with Gasteiger partial charge in [-0.15, -0.1) is 0 Å². The molecule has 1 atom stereocenters. The highest BCUT2D eigenvalue weighted by molar-refractivity contribution is 7.92. The molecule has 0 radical (unpaired) electrons. The molecule has 4 rings (SSSR count). The highest BCUT2D eigenvalue weighted by Crippen LogP contribution is 2.27. The second kappa shape index (κ2) is 13.7. The van der Waals surface area contributed by atoms with Gasteiger partial charge < -0.3 is 10.2 Å². The molecular formula is C33H40ClN3O4S. The normalized spacial score (nSPS) is 14.4. The maximum atomic E-state index is 14.2. The molecule has 1 aliphatic carbocycles. The Morgan fingerprint density at radius 1 is 0.929 bits per heavy atom. The van der Waals surface area contributed by atoms with Crippen molar-refractivity contribution >= 4 is 39.1 Å². The number of benzene rings is 3. The standard InChI is InChI=1S/C33H40ClN3O4S/c1-5-31(33(39)35-28-8-6-7-9-28)36(21-26-13-15-27(34)16-14-26)32(38)22-37(29-17-12-24(3)25(4)20-29)42(40,41)30-18-10-23(2)11-19-30/h10-20,28,31H,5-9,21-22H2,1-4H3,(H,35,39). The number of aryl methyl sites for hydroxylation is 3. The van der Waals surface area contributed by atoms with Crippen LogP contribution in [0.5, 0.6) is 0 Å². The lowest BCUT2D eigenvalue weighted by molar-refractivity contribution is -0.140. The van der Waals surface area contributed by atoms with Crippen molar-refractivity contribution in [3.8, 4) is 0 Å². The Labute approximate surface area is 254 Å². The summed E-state index contributed by atoms with van der Waals surface area (Å²) < 4.78 is 29.3. The predicted molar refractivity (Wildman–Crippen MR) is 168 cm³/mol. The molecule has 1 aliphatic rings. The summed E-state index contributed by atoms with van der Waals surface area (Å²) in [5.41, 5.74) is 4.03. The molecule has 9 heteroatoms. The molecule has 1 saturated carbocycles. The van der Waals surface area contributed by atoms with Crippen LogP contribution in [0.1, 0.15) is 61.3 Å². The lowest BCUT2D eigenvalue weighted by Gasteiger charge is -2.34. The fourth-order valence-corrected chi connectivity index (χ4v) is 6.85. The van der Waals surface area contributed by atoms with Gasteiger partial charge in [0.2, 0.25) is 11.8 Å². The highest BCUT2D eigenvalue weighted by Gasteiger charge is 2.34. The average Bonchev–Trinajstić information content (AvgIpc) is 3.47. The summed E-state index contributed by atoms with van der Waals surface area (Å²) in [6.07, 6.45) is 4.35. The quantitative estimate of drug-likeness (QED) is 0.275. The topological polar surface area (TPSA) is 86.8 Å². The molecular weight excluding hydrogens is 570 g/mol. The molecule has 42 heavy (non-hydrogen) atoms. The number of halogens is 1. The van der Waals surface area contributed by atoms with E-state index in [2.05, 4.69) is 5.32 Å². The van der Waals surface area contributed by atoms with Gasteiger partial charge in [0.1, 0.15) is 12.6 Å². The maximum Gasteiger partial charge on any atom is 0.264 e. The lowest BCUT2D eigenvalue weighted by Crippen LogP contribution is -2.53. The van der Waals surface area contributed by atoms with Crippen molar-refractivity contribution in [1.82, 2.24) is 10.2 Å². The fraction of sp³-hybridized carbons (Fsp3) is 0.394. The smallest absolute Gasteiger partial charge is 0.264 e. The minimum Gasteiger partial charge on any atom is -0.352 e. The number of carbonyl (C=O) groups excluding carboxylic acids is 2. The number of sulfonamides is 1. The third-order valence-corrected chi connectivity index (χ3v) is 10.1. The van der Waals surface area contributed by atoms with Gasteiger partial charge in [-0.2, -0.15) is 0 Å². The van der Waals surface area contributed by atoms with Crippen molar-refractivity contribution in [3.63, 3.8) is 0 Å². The number of rotatable bonds is 11. The monoisotopic (exact) mass is 609 g/mol. The van der Waals surface area contributed by atoms with Gasteiger partial charge in [-0.25, -0.2) is 8.42 Å². The van der Waals surface area contributed by atoms with Crippen LogP contribution in [0.25, 0.3) is 0 Å². The Kier molecular flexibility index (Phi) is 10.3. The third kappa shape index (κ3) is 7.53. The van der Waals surface area contributed by atoms with E-state index in [1.807, 2.05) is 45.9 Å². The Bertz CT molecular complexity index is 1500. The van der Waals surface area contributed by atoms with Crippen LogP contribution in [0, 0.1) is 20.8 Å². The number of hydrogen-bond acceptors (Lipinski definition) is 4. The summed E-state index contributed by atoms with van der Waals surface area (Å²) in [6.45, 7) is 7.29.